The van der Waals surface area contributed by atoms with Gasteiger partial charge >= 0.3 is 11.9 Å². The van der Waals surface area contributed by atoms with Crippen LogP contribution in [-0.2, 0) is 19.1 Å². The molecular weight excluding hydrogens is 164 g/mol. The van der Waals surface area contributed by atoms with Crippen LogP contribution in [0.5, 0.6) is 0 Å². The van der Waals surface area contributed by atoms with Crippen molar-refractivity contribution >= 4 is 11.9 Å². The summed E-state index contributed by atoms with van der Waals surface area (Å²) in [4.78, 5) is 20.8. The number of hydrogen-bond acceptors (Lipinski definition) is 4. The van der Waals surface area contributed by atoms with E-state index in [1.54, 1.807) is 0 Å². The Labute approximate surface area is 69.3 Å². The van der Waals surface area contributed by atoms with Gasteiger partial charge in [-0.2, -0.15) is 0 Å². The zero-order valence-corrected chi connectivity index (χ0v) is 6.65. The highest BCUT2D eigenvalue weighted by molar-refractivity contribution is 5.73. The lowest BCUT2D eigenvalue weighted by Gasteiger charge is -2.06. The number of rotatable bonds is 2. The van der Waals surface area contributed by atoms with Crippen LogP contribution in [0, 0.1) is 0 Å². The summed E-state index contributed by atoms with van der Waals surface area (Å²) in [5.74, 6) is -1.42. The predicted octanol–water partition coefficient (Wildman–Crippen LogP) is -0.208. The Kier molecular flexibility index (Phi) is 2.65. The number of carbonyl (C=O) groups is 2. The average Bonchev–Trinajstić information content (AvgIpc) is 2.34. The molecule has 1 aliphatic heterocycles. The first-order valence-electron chi connectivity index (χ1n) is 3.61. The standard InChI is InChI=1S/C7H10O5/c1-4(8)12-5-2-6(7(9)10)11-3-5/h5-6H,2-3H2,1H3,(H,9,10). The fourth-order valence-electron chi connectivity index (χ4n) is 1.09. The number of aliphatic carboxylic acids is 1. The second-order valence-electron chi connectivity index (χ2n) is 2.63. The van der Waals surface area contributed by atoms with E-state index in [0.717, 1.165) is 0 Å². The summed E-state index contributed by atoms with van der Waals surface area (Å²) in [6.07, 6.45) is -0.979. The number of hydrogen-bond donors (Lipinski definition) is 1. The number of esters is 1. The second-order valence-corrected chi connectivity index (χ2v) is 2.63. The molecule has 5 nitrogen and oxygen atoms in total. The van der Waals surface area contributed by atoms with Gasteiger partial charge in [0.15, 0.2) is 6.10 Å². The highest BCUT2D eigenvalue weighted by Gasteiger charge is 2.32. The maximum Gasteiger partial charge on any atom is 0.332 e. The summed E-state index contributed by atoms with van der Waals surface area (Å²) in [6, 6.07) is 0. The van der Waals surface area contributed by atoms with Crippen LogP contribution in [0.2, 0.25) is 0 Å². The molecule has 0 bridgehead atoms. The van der Waals surface area contributed by atoms with Crippen LogP contribution >= 0.6 is 0 Å². The van der Waals surface area contributed by atoms with Crippen LogP contribution in [0.1, 0.15) is 13.3 Å². The maximum absolute atomic E-state index is 10.5. The van der Waals surface area contributed by atoms with Crippen LogP contribution in [-0.4, -0.2) is 35.9 Å². The molecule has 1 heterocycles. The Morgan fingerprint density at radius 3 is 2.67 bits per heavy atom. The maximum atomic E-state index is 10.5. The van der Waals surface area contributed by atoms with Gasteiger partial charge in [0.2, 0.25) is 0 Å². The van der Waals surface area contributed by atoms with Crippen molar-refractivity contribution in [2.24, 2.45) is 0 Å². The summed E-state index contributed by atoms with van der Waals surface area (Å²) in [5.41, 5.74) is 0. The summed E-state index contributed by atoms with van der Waals surface area (Å²) in [6.45, 7) is 1.46. The molecule has 2 unspecified atom stereocenters. The molecule has 0 aromatic rings. The molecule has 0 spiro atoms. The topological polar surface area (TPSA) is 72.8 Å². The van der Waals surface area contributed by atoms with Crippen LogP contribution in [0.15, 0.2) is 0 Å². The Morgan fingerprint density at radius 1 is 1.58 bits per heavy atom. The molecule has 0 amide bonds. The van der Waals surface area contributed by atoms with Crippen LogP contribution < -0.4 is 0 Å². The lowest BCUT2D eigenvalue weighted by atomic mass is 10.2. The molecule has 0 aromatic carbocycles. The van der Waals surface area contributed by atoms with Crippen molar-refractivity contribution in [1.82, 2.24) is 0 Å². The molecule has 0 aliphatic carbocycles. The number of ether oxygens (including phenoxy) is 2. The predicted molar refractivity (Wildman–Crippen MR) is 37.5 cm³/mol. The van der Waals surface area contributed by atoms with Crippen molar-refractivity contribution in [1.29, 1.82) is 0 Å². The summed E-state index contributed by atoms with van der Waals surface area (Å²) in [5, 5.41) is 8.50. The Morgan fingerprint density at radius 2 is 2.25 bits per heavy atom. The van der Waals surface area contributed by atoms with E-state index < -0.39 is 24.1 Å². The quantitative estimate of drug-likeness (QED) is 0.586. The molecular formula is C7H10O5. The van der Waals surface area contributed by atoms with Crippen molar-refractivity contribution in [2.45, 2.75) is 25.6 Å². The molecule has 12 heavy (non-hydrogen) atoms. The van der Waals surface area contributed by atoms with Gasteiger partial charge in [0.1, 0.15) is 6.10 Å². The van der Waals surface area contributed by atoms with Gasteiger partial charge in [-0.05, 0) is 0 Å². The zero-order chi connectivity index (χ0) is 9.14. The van der Waals surface area contributed by atoms with Gasteiger partial charge in [-0.1, -0.05) is 0 Å². The van der Waals surface area contributed by atoms with E-state index in [-0.39, 0.29) is 13.0 Å². The summed E-state index contributed by atoms with van der Waals surface area (Å²) in [7, 11) is 0. The molecule has 1 N–H and O–H groups in total. The lowest BCUT2D eigenvalue weighted by molar-refractivity contribution is -0.147. The Balaban J connectivity index is 2.35. The van der Waals surface area contributed by atoms with E-state index in [0.29, 0.717) is 0 Å². The van der Waals surface area contributed by atoms with E-state index >= 15 is 0 Å². The highest BCUT2D eigenvalue weighted by atomic mass is 16.6. The van der Waals surface area contributed by atoms with Crippen LogP contribution in [0.3, 0.4) is 0 Å². The molecule has 2 atom stereocenters. The average molecular weight is 174 g/mol. The molecule has 68 valence electrons. The lowest BCUT2D eigenvalue weighted by Crippen LogP contribution is -2.20. The van der Waals surface area contributed by atoms with E-state index in [9.17, 15) is 9.59 Å². The molecule has 0 aromatic heterocycles. The van der Waals surface area contributed by atoms with Gasteiger partial charge in [-0.25, -0.2) is 4.79 Å². The first-order chi connectivity index (χ1) is 5.59. The van der Waals surface area contributed by atoms with Crippen molar-refractivity contribution in [2.75, 3.05) is 6.61 Å². The van der Waals surface area contributed by atoms with Gasteiger partial charge in [0.05, 0.1) is 6.61 Å². The largest absolute Gasteiger partial charge is 0.479 e. The van der Waals surface area contributed by atoms with Crippen molar-refractivity contribution < 1.29 is 24.2 Å². The summed E-state index contributed by atoms with van der Waals surface area (Å²) >= 11 is 0. The normalized spacial score (nSPS) is 28.4. The van der Waals surface area contributed by atoms with Crippen LogP contribution in [0.25, 0.3) is 0 Å². The zero-order valence-electron chi connectivity index (χ0n) is 6.65. The second kappa shape index (κ2) is 3.53. The molecule has 1 fully saturated rings. The van der Waals surface area contributed by atoms with Crippen LogP contribution in [0.4, 0.5) is 0 Å². The number of carboxylic acid groups (broad SMARTS) is 1. The van der Waals surface area contributed by atoms with Gasteiger partial charge in [0.25, 0.3) is 0 Å². The third-order valence-electron chi connectivity index (χ3n) is 1.57. The third kappa shape index (κ3) is 2.20. The minimum atomic E-state index is -1.01. The van der Waals surface area contributed by atoms with Crippen molar-refractivity contribution in [3.05, 3.63) is 0 Å². The molecule has 0 radical (unpaired) electrons. The fraction of sp³-hybridized carbons (Fsp3) is 0.714. The molecule has 1 aliphatic rings. The monoisotopic (exact) mass is 174 g/mol. The summed E-state index contributed by atoms with van der Waals surface area (Å²) < 4.78 is 9.62. The van der Waals surface area contributed by atoms with E-state index in [1.165, 1.54) is 6.92 Å². The van der Waals surface area contributed by atoms with E-state index in [4.69, 9.17) is 14.6 Å². The van der Waals surface area contributed by atoms with Gasteiger partial charge in [-0.3, -0.25) is 4.79 Å². The molecule has 5 heteroatoms. The number of carboxylic acids is 1. The van der Waals surface area contributed by atoms with E-state index in [1.807, 2.05) is 0 Å². The molecule has 1 rings (SSSR count). The first-order valence-corrected chi connectivity index (χ1v) is 3.61. The fourth-order valence-corrected chi connectivity index (χ4v) is 1.09. The highest BCUT2D eigenvalue weighted by Crippen LogP contribution is 2.16. The van der Waals surface area contributed by atoms with Crippen molar-refractivity contribution in [3.8, 4) is 0 Å². The van der Waals surface area contributed by atoms with Crippen molar-refractivity contribution in [3.63, 3.8) is 0 Å². The van der Waals surface area contributed by atoms with E-state index in [2.05, 4.69) is 0 Å². The SMILES string of the molecule is CC(=O)OC1COC(C(=O)O)C1. The Hall–Kier alpha value is -1.10. The minimum absolute atomic E-state index is 0.177. The molecule has 0 saturated carbocycles. The van der Waals surface area contributed by atoms with Gasteiger partial charge < -0.3 is 14.6 Å². The third-order valence-corrected chi connectivity index (χ3v) is 1.57. The van der Waals surface area contributed by atoms with Gasteiger partial charge in [-0.15, -0.1) is 0 Å². The first kappa shape index (κ1) is 8.99. The number of carbonyl (C=O) groups excluding carboxylic acids is 1. The Bertz CT molecular complexity index is 200. The minimum Gasteiger partial charge on any atom is -0.479 e. The smallest absolute Gasteiger partial charge is 0.332 e. The van der Waals surface area contributed by atoms with Gasteiger partial charge in [0, 0.05) is 13.3 Å². The molecule has 1 saturated heterocycles.